The van der Waals surface area contributed by atoms with Crippen LogP contribution in [0.25, 0.3) is 0 Å². The zero-order valence-corrected chi connectivity index (χ0v) is 10.6. The lowest BCUT2D eigenvalue weighted by atomic mass is 10.1. The van der Waals surface area contributed by atoms with Crippen molar-refractivity contribution in [1.82, 2.24) is 15.1 Å². The summed E-state index contributed by atoms with van der Waals surface area (Å²) in [6, 6.07) is 1.90. The zero-order valence-electron chi connectivity index (χ0n) is 10.6. The van der Waals surface area contributed by atoms with Crippen LogP contribution in [0.1, 0.15) is 39.5 Å². The molecule has 1 aromatic rings. The van der Waals surface area contributed by atoms with Crippen molar-refractivity contribution in [2.75, 3.05) is 5.73 Å². The van der Waals surface area contributed by atoms with Crippen LogP contribution in [0.4, 0.5) is 5.82 Å². The summed E-state index contributed by atoms with van der Waals surface area (Å²) in [6.07, 6.45) is 6.31. The number of nitrogen functional groups attached to an aromatic ring is 1. The van der Waals surface area contributed by atoms with Crippen LogP contribution in [0.5, 0.6) is 0 Å². The van der Waals surface area contributed by atoms with Gasteiger partial charge in [-0.2, -0.15) is 5.10 Å². The van der Waals surface area contributed by atoms with Crippen LogP contribution in [-0.2, 0) is 11.3 Å². The van der Waals surface area contributed by atoms with E-state index < -0.39 is 0 Å². The molecule has 1 unspecified atom stereocenters. The van der Waals surface area contributed by atoms with Gasteiger partial charge in [0.1, 0.15) is 12.4 Å². The molecule has 5 nitrogen and oxygen atoms in total. The number of nitrogens with zero attached hydrogens (tertiary/aromatic N) is 2. The maximum atomic E-state index is 11.7. The maximum absolute atomic E-state index is 11.7. The molecule has 1 amide bonds. The fourth-order valence-electron chi connectivity index (χ4n) is 1.71. The number of anilines is 1. The predicted octanol–water partition coefficient (Wildman–Crippen LogP) is 1.55. The van der Waals surface area contributed by atoms with Crippen molar-refractivity contribution < 1.29 is 4.79 Å². The van der Waals surface area contributed by atoms with Crippen LogP contribution in [0.2, 0.25) is 0 Å². The minimum atomic E-state index is -0.0166. The van der Waals surface area contributed by atoms with Crippen molar-refractivity contribution in [1.29, 1.82) is 0 Å². The Morgan fingerprint density at radius 1 is 1.59 bits per heavy atom. The topological polar surface area (TPSA) is 72.9 Å². The summed E-state index contributed by atoms with van der Waals surface area (Å²) < 4.78 is 1.55. The minimum Gasteiger partial charge on any atom is -0.382 e. The van der Waals surface area contributed by atoms with E-state index in [9.17, 15) is 4.79 Å². The van der Waals surface area contributed by atoms with E-state index >= 15 is 0 Å². The Bertz CT molecular complexity index is 348. The average molecular weight is 238 g/mol. The molecule has 1 heterocycles. The Balaban J connectivity index is 2.24. The lowest BCUT2D eigenvalue weighted by Crippen LogP contribution is -2.35. The van der Waals surface area contributed by atoms with Gasteiger partial charge in [0, 0.05) is 12.2 Å². The molecular formula is C12H22N4O. The van der Waals surface area contributed by atoms with E-state index in [1.165, 1.54) is 12.8 Å². The Morgan fingerprint density at radius 3 is 2.94 bits per heavy atom. The second-order valence-corrected chi connectivity index (χ2v) is 4.40. The molecule has 96 valence electrons. The van der Waals surface area contributed by atoms with E-state index in [2.05, 4.69) is 17.3 Å². The van der Waals surface area contributed by atoms with Gasteiger partial charge < -0.3 is 11.1 Å². The lowest BCUT2D eigenvalue weighted by Gasteiger charge is -2.13. The van der Waals surface area contributed by atoms with E-state index in [1.807, 2.05) is 6.92 Å². The van der Waals surface area contributed by atoms with Gasteiger partial charge in [-0.1, -0.05) is 26.2 Å². The number of amides is 1. The van der Waals surface area contributed by atoms with Crippen molar-refractivity contribution in [3.63, 3.8) is 0 Å². The number of hydrogen-bond donors (Lipinski definition) is 2. The minimum absolute atomic E-state index is 0.0166. The van der Waals surface area contributed by atoms with Crippen molar-refractivity contribution in [2.45, 2.75) is 52.1 Å². The quantitative estimate of drug-likeness (QED) is 0.708. The average Bonchev–Trinajstić information content (AvgIpc) is 2.64. The van der Waals surface area contributed by atoms with E-state index in [-0.39, 0.29) is 18.5 Å². The van der Waals surface area contributed by atoms with Crippen LogP contribution in [0.3, 0.4) is 0 Å². The Hall–Kier alpha value is -1.52. The summed E-state index contributed by atoms with van der Waals surface area (Å²) in [5.74, 6) is 0.422. The van der Waals surface area contributed by atoms with E-state index in [1.54, 1.807) is 16.9 Å². The van der Waals surface area contributed by atoms with Gasteiger partial charge in [0.25, 0.3) is 0 Å². The van der Waals surface area contributed by atoms with Gasteiger partial charge in [-0.25, -0.2) is 0 Å². The number of carbonyl (C=O) groups excluding carboxylic acids is 1. The molecule has 1 aromatic heterocycles. The molecule has 3 N–H and O–H groups in total. The SMILES string of the molecule is CCCCCC(C)NC(=O)Cn1ccc(N)n1. The summed E-state index contributed by atoms with van der Waals surface area (Å²) in [6.45, 7) is 4.44. The lowest BCUT2D eigenvalue weighted by molar-refractivity contribution is -0.122. The second-order valence-electron chi connectivity index (χ2n) is 4.40. The standard InChI is InChI=1S/C12H22N4O/c1-3-4-5-6-10(2)14-12(17)9-16-8-7-11(13)15-16/h7-8,10H,3-6,9H2,1-2H3,(H2,13,15)(H,14,17). The first kappa shape index (κ1) is 13.5. The largest absolute Gasteiger partial charge is 0.382 e. The fraction of sp³-hybridized carbons (Fsp3) is 0.667. The molecule has 0 aliphatic heterocycles. The highest BCUT2D eigenvalue weighted by atomic mass is 16.2. The number of carbonyl (C=O) groups is 1. The monoisotopic (exact) mass is 238 g/mol. The zero-order chi connectivity index (χ0) is 12.7. The van der Waals surface area contributed by atoms with Gasteiger partial charge in [-0.05, 0) is 19.4 Å². The number of rotatable bonds is 7. The number of hydrogen-bond acceptors (Lipinski definition) is 3. The second kappa shape index (κ2) is 6.93. The summed E-state index contributed by atoms with van der Waals surface area (Å²) in [5, 5.41) is 6.92. The normalized spacial score (nSPS) is 12.4. The fourth-order valence-corrected chi connectivity index (χ4v) is 1.71. The van der Waals surface area contributed by atoms with E-state index in [4.69, 9.17) is 5.73 Å². The molecule has 0 aliphatic rings. The van der Waals surface area contributed by atoms with Crippen molar-refractivity contribution in [3.05, 3.63) is 12.3 Å². The smallest absolute Gasteiger partial charge is 0.241 e. The molecule has 0 radical (unpaired) electrons. The molecule has 17 heavy (non-hydrogen) atoms. The highest BCUT2D eigenvalue weighted by Crippen LogP contribution is 2.03. The van der Waals surface area contributed by atoms with Crippen LogP contribution < -0.4 is 11.1 Å². The molecule has 0 saturated carbocycles. The number of nitrogens with two attached hydrogens (primary N) is 1. The van der Waals surface area contributed by atoms with Crippen LogP contribution in [-0.4, -0.2) is 21.7 Å². The van der Waals surface area contributed by atoms with Gasteiger partial charge in [-0.3, -0.25) is 9.48 Å². The van der Waals surface area contributed by atoms with E-state index in [0.717, 1.165) is 12.8 Å². The highest BCUT2D eigenvalue weighted by molar-refractivity contribution is 5.75. The van der Waals surface area contributed by atoms with Crippen LogP contribution in [0, 0.1) is 0 Å². The van der Waals surface area contributed by atoms with Crippen molar-refractivity contribution in [2.24, 2.45) is 0 Å². The third-order valence-electron chi connectivity index (χ3n) is 2.61. The molecular weight excluding hydrogens is 216 g/mol. The number of nitrogens with one attached hydrogen (secondary N) is 1. The molecule has 0 bridgehead atoms. The Kier molecular flexibility index (Phi) is 5.52. The van der Waals surface area contributed by atoms with Crippen LogP contribution >= 0.6 is 0 Å². The molecule has 1 atom stereocenters. The highest BCUT2D eigenvalue weighted by Gasteiger charge is 2.08. The maximum Gasteiger partial charge on any atom is 0.241 e. The third kappa shape index (κ3) is 5.38. The van der Waals surface area contributed by atoms with Gasteiger partial charge in [0.2, 0.25) is 5.91 Å². The molecule has 0 aliphatic carbocycles. The van der Waals surface area contributed by atoms with Gasteiger partial charge in [-0.15, -0.1) is 0 Å². The summed E-state index contributed by atoms with van der Waals surface area (Å²) in [5.41, 5.74) is 5.47. The summed E-state index contributed by atoms with van der Waals surface area (Å²) in [4.78, 5) is 11.7. The van der Waals surface area contributed by atoms with Gasteiger partial charge in [0.15, 0.2) is 0 Å². The first-order valence-corrected chi connectivity index (χ1v) is 6.20. The molecule has 1 rings (SSSR count). The summed E-state index contributed by atoms with van der Waals surface area (Å²) in [7, 11) is 0. The molecule has 0 fully saturated rings. The van der Waals surface area contributed by atoms with Gasteiger partial charge >= 0.3 is 0 Å². The third-order valence-corrected chi connectivity index (χ3v) is 2.61. The Labute approximate surface area is 102 Å². The van der Waals surface area contributed by atoms with Crippen LogP contribution in [0.15, 0.2) is 12.3 Å². The molecule has 5 heteroatoms. The van der Waals surface area contributed by atoms with Gasteiger partial charge in [0.05, 0.1) is 0 Å². The number of unbranched alkanes of at least 4 members (excludes halogenated alkanes) is 2. The number of aromatic nitrogens is 2. The first-order valence-electron chi connectivity index (χ1n) is 6.20. The van der Waals surface area contributed by atoms with Crippen molar-refractivity contribution >= 4 is 11.7 Å². The molecule has 0 aromatic carbocycles. The Morgan fingerprint density at radius 2 is 2.35 bits per heavy atom. The molecule has 0 saturated heterocycles. The van der Waals surface area contributed by atoms with E-state index in [0.29, 0.717) is 5.82 Å². The predicted molar refractivity (Wildman–Crippen MR) is 68.4 cm³/mol. The summed E-state index contributed by atoms with van der Waals surface area (Å²) >= 11 is 0. The molecule has 0 spiro atoms. The first-order chi connectivity index (χ1) is 8.11. The van der Waals surface area contributed by atoms with Crippen molar-refractivity contribution in [3.8, 4) is 0 Å².